The average molecular weight is 329 g/mol. The fraction of sp³-hybridized carbons (Fsp3) is 0.500. The summed E-state index contributed by atoms with van der Waals surface area (Å²) in [4.78, 5) is 12.3. The topological polar surface area (TPSA) is 54.9 Å². The van der Waals surface area contributed by atoms with Gasteiger partial charge in [0, 0.05) is 11.8 Å². The highest BCUT2D eigenvalue weighted by molar-refractivity contribution is 7.15. The molecule has 1 amide bonds. The predicted molar refractivity (Wildman–Crippen MR) is 93.7 cm³/mol. The van der Waals surface area contributed by atoms with Crippen LogP contribution in [-0.4, -0.2) is 16.1 Å². The molecule has 0 spiro atoms. The number of carbonyl (C=O) groups is 1. The minimum Gasteiger partial charge on any atom is -0.300 e. The summed E-state index contributed by atoms with van der Waals surface area (Å²) in [5.74, 6) is 0.501. The first kappa shape index (κ1) is 16.1. The fourth-order valence-electron chi connectivity index (χ4n) is 3.24. The highest BCUT2D eigenvalue weighted by Crippen LogP contribution is 2.32. The maximum atomic E-state index is 12.3. The third kappa shape index (κ3) is 3.96. The lowest BCUT2D eigenvalue weighted by molar-refractivity contribution is -0.120. The van der Waals surface area contributed by atoms with Crippen LogP contribution in [0, 0.1) is 5.92 Å². The Morgan fingerprint density at radius 2 is 1.96 bits per heavy atom. The largest absolute Gasteiger partial charge is 0.300 e. The highest BCUT2D eigenvalue weighted by Gasteiger charge is 2.23. The van der Waals surface area contributed by atoms with E-state index in [1.54, 1.807) is 0 Å². The van der Waals surface area contributed by atoms with Gasteiger partial charge in [-0.2, -0.15) is 0 Å². The van der Waals surface area contributed by atoms with Crippen LogP contribution in [0.15, 0.2) is 30.3 Å². The average Bonchev–Trinajstić information content (AvgIpc) is 3.05. The van der Waals surface area contributed by atoms with Crippen LogP contribution in [0.25, 0.3) is 0 Å². The highest BCUT2D eigenvalue weighted by atomic mass is 32.1. The molecule has 1 atom stereocenters. The Labute approximate surface area is 141 Å². The van der Waals surface area contributed by atoms with Crippen LogP contribution < -0.4 is 5.32 Å². The van der Waals surface area contributed by atoms with Gasteiger partial charge in [-0.1, -0.05) is 67.9 Å². The van der Waals surface area contributed by atoms with Gasteiger partial charge < -0.3 is 5.32 Å². The van der Waals surface area contributed by atoms with Crippen molar-refractivity contribution in [3.8, 4) is 0 Å². The van der Waals surface area contributed by atoms with Gasteiger partial charge in [-0.15, -0.1) is 10.2 Å². The summed E-state index contributed by atoms with van der Waals surface area (Å²) in [7, 11) is 0. The number of rotatable bonds is 5. The van der Waals surface area contributed by atoms with E-state index in [4.69, 9.17) is 0 Å². The Morgan fingerprint density at radius 1 is 1.22 bits per heavy atom. The number of hydrogen-bond acceptors (Lipinski definition) is 4. The molecule has 1 N–H and O–H groups in total. The zero-order chi connectivity index (χ0) is 16.1. The zero-order valence-electron chi connectivity index (χ0n) is 13.5. The molecule has 1 heterocycles. The Balaban J connectivity index is 1.68. The molecule has 1 fully saturated rings. The number of anilines is 1. The number of benzene rings is 1. The van der Waals surface area contributed by atoms with Crippen LogP contribution in [-0.2, 0) is 4.79 Å². The summed E-state index contributed by atoms with van der Waals surface area (Å²) in [6, 6.07) is 10.4. The fourth-order valence-corrected chi connectivity index (χ4v) is 4.19. The van der Waals surface area contributed by atoms with Crippen LogP contribution in [0.4, 0.5) is 5.13 Å². The van der Waals surface area contributed by atoms with Crippen LogP contribution in [0.2, 0.25) is 0 Å². The van der Waals surface area contributed by atoms with Gasteiger partial charge in [-0.05, 0) is 24.8 Å². The SMILES string of the molecule is CC[C@@H](c1ccccc1)c1nnc(NC(=O)C2CCCCC2)s1. The maximum Gasteiger partial charge on any atom is 0.229 e. The molecule has 122 valence electrons. The lowest BCUT2D eigenvalue weighted by atomic mass is 9.89. The number of amides is 1. The van der Waals surface area contributed by atoms with Crippen molar-refractivity contribution < 1.29 is 4.79 Å². The first-order valence-electron chi connectivity index (χ1n) is 8.47. The van der Waals surface area contributed by atoms with Gasteiger partial charge in [-0.3, -0.25) is 4.79 Å². The van der Waals surface area contributed by atoms with Gasteiger partial charge in [0.1, 0.15) is 5.01 Å². The quantitative estimate of drug-likeness (QED) is 0.872. The minimum atomic E-state index is 0.111. The van der Waals surface area contributed by atoms with Gasteiger partial charge in [0.05, 0.1) is 0 Å². The van der Waals surface area contributed by atoms with Crippen molar-refractivity contribution in [2.24, 2.45) is 5.92 Å². The first-order valence-corrected chi connectivity index (χ1v) is 9.28. The lowest BCUT2D eigenvalue weighted by Crippen LogP contribution is -2.24. The van der Waals surface area contributed by atoms with Gasteiger partial charge >= 0.3 is 0 Å². The molecule has 1 aliphatic carbocycles. The van der Waals surface area contributed by atoms with Gasteiger partial charge in [0.2, 0.25) is 11.0 Å². The molecule has 0 aliphatic heterocycles. The Kier molecular flexibility index (Phi) is 5.39. The molecule has 1 aliphatic rings. The van der Waals surface area contributed by atoms with Crippen molar-refractivity contribution in [2.75, 3.05) is 5.32 Å². The Morgan fingerprint density at radius 3 is 2.65 bits per heavy atom. The second-order valence-electron chi connectivity index (χ2n) is 6.14. The van der Waals surface area contributed by atoms with Crippen molar-refractivity contribution in [3.05, 3.63) is 40.9 Å². The summed E-state index contributed by atoms with van der Waals surface area (Å²) < 4.78 is 0. The number of nitrogens with zero attached hydrogens (tertiary/aromatic N) is 2. The van der Waals surface area contributed by atoms with E-state index in [0.717, 1.165) is 37.1 Å². The molecule has 23 heavy (non-hydrogen) atoms. The lowest BCUT2D eigenvalue weighted by Gasteiger charge is -2.19. The molecule has 4 nitrogen and oxygen atoms in total. The molecule has 1 saturated carbocycles. The second kappa shape index (κ2) is 7.68. The van der Waals surface area contributed by atoms with Gasteiger partial charge in [0.15, 0.2) is 0 Å². The molecule has 0 radical (unpaired) electrons. The van der Waals surface area contributed by atoms with E-state index >= 15 is 0 Å². The second-order valence-corrected chi connectivity index (χ2v) is 7.15. The van der Waals surface area contributed by atoms with Crippen molar-refractivity contribution >= 4 is 22.4 Å². The van der Waals surface area contributed by atoms with Crippen LogP contribution in [0.3, 0.4) is 0 Å². The number of hydrogen-bond donors (Lipinski definition) is 1. The number of carbonyl (C=O) groups excluding carboxylic acids is 1. The molecule has 0 bridgehead atoms. The Hall–Kier alpha value is -1.75. The minimum absolute atomic E-state index is 0.111. The third-order valence-corrected chi connectivity index (χ3v) is 5.51. The molecule has 0 unspecified atom stereocenters. The first-order chi connectivity index (χ1) is 11.3. The summed E-state index contributed by atoms with van der Waals surface area (Å²) in [5, 5.41) is 13.1. The van der Waals surface area contributed by atoms with E-state index in [-0.39, 0.29) is 17.7 Å². The van der Waals surface area contributed by atoms with E-state index in [1.165, 1.54) is 23.3 Å². The number of nitrogens with one attached hydrogen (secondary N) is 1. The smallest absolute Gasteiger partial charge is 0.229 e. The monoisotopic (exact) mass is 329 g/mol. The molecule has 3 rings (SSSR count). The molecular formula is C18H23N3OS. The molecule has 1 aromatic carbocycles. The van der Waals surface area contributed by atoms with Crippen molar-refractivity contribution in [1.29, 1.82) is 0 Å². The van der Waals surface area contributed by atoms with Gasteiger partial charge in [0.25, 0.3) is 0 Å². The van der Waals surface area contributed by atoms with Crippen molar-refractivity contribution in [3.63, 3.8) is 0 Å². The van der Waals surface area contributed by atoms with Crippen LogP contribution in [0.1, 0.15) is 61.9 Å². The summed E-state index contributed by atoms with van der Waals surface area (Å²) in [6.45, 7) is 2.15. The third-order valence-electron chi connectivity index (χ3n) is 4.56. The van der Waals surface area contributed by atoms with Crippen LogP contribution in [0.5, 0.6) is 0 Å². The van der Waals surface area contributed by atoms with Gasteiger partial charge in [-0.25, -0.2) is 0 Å². The predicted octanol–water partition coefficient (Wildman–Crippen LogP) is 4.60. The van der Waals surface area contributed by atoms with E-state index < -0.39 is 0 Å². The number of aromatic nitrogens is 2. The van der Waals surface area contributed by atoms with E-state index in [0.29, 0.717) is 5.13 Å². The standard InChI is InChI=1S/C18H23N3OS/c1-2-15(13-9-5-3-6-10-13)17-20-21-18(23-17)19-16(22)14-11-7-4-8-12-14/h3,5-6,9-10,14-15H,2,4,7-8,11-12H2,1H3,(H,19,21,22)/t15-/m0/s1. The van der Waals surface area contributed by atoms with E-state index in [9.17, 15) is 4.79 Å². The molecule has 0 saturated heterocycles. The summed E-state index contributed by atoms with van der Waals surface area (Å²) in [6.07, 6.45) is 6.53. The van der Waals surface area contributed by atoms with E-state index in [1.807, 2.05) is 18.2 Å². The maximum absolute atomic E-state index is 12.3. The molecular weight excluding hydrogens is 306 g/mol. The van der Waals surface area contributed by atoms with Crippen molar-refractivity contribution in [1.82, 2.24) is 10.2 Å². The van der Waals surface area contributed by atoms with E-state index in [2.05, 4.69) is 34.6 Å². The Bertz CT molecular complexity index is 635. The summed E-state index contributed by atoms with van der Waals surface area (Å²) >= 11 is 1.50. The summed E-state index contributed by atoms with van der Waals surface area (Å²) in [5.41, 5.74) is 1.25. The van der Waals surface area contributed by atoms with Crippen molar-refractivity contribution in [2.45, 2.75) is 51.4 Å². The molecule has 2 aromatic rings. The zero-order valence-corrected chi connectivity index (χ0v) is 14.3. The molecule has 5 heteroatoms. The molecule has 1 aromatic heterocycles. The normalized spacial score (nSPS) is 16.9. The van der Waals surface area contributed by atoms with Crippen LogP contribution >= 0.6 is 11.3 Å².